The molecule has 4 N–H and O–H groups in total. The lowest BCUT2D eigenvalue weighted by molar-refractivity contribution is -0.134. The number of carbonyl (C=O) groups excluding carboxylic acids is 3. The summed E-state index contributed by atoms with van der Waals surface area (Å²) in [5.74, 6) is -1.20. The van der Waals surface area contributed by atoms with Crippen LogP contribution in [-0.4, -0.2) is 28.7 Å². The number of nitrogen functional groups attached to an aromatic ring is 1. The molecule has 2 heterocycles. The highest BCUT2D eigenvalue weighted by atomic mass is 16.2. The van der Waals surface area contributed by atoms with Gasteiger partial charge in [-0.05, 0) is 18.6 Å². The molecule has 0 saturated carbocycles. The molecule has 7 heteroatoms. The first-order chi connectivity index (χ1) is 8.58. The van der Waals surface area contributed by atoms with Gasteiger partial charge in [0.1, 0.15) is 11.9 Å². The van der Waals surface area contributed by atoms with Gasteiger partial charge in [-0.15, -0.1) is 0 Å². The third kappa shape index (κ3) is 2.45. The van der Waals surface area contributed by atoms with E-state index in [9.17, 15) is 14.4 Å². The number of amides is 3. The van der Waals surface area contributed by atoms with Crippen molar-refractivity contribution in [3.8, 4) is 0 Å². The molecule has 1 atom stereocenters. The second-order valence-corrected chi connectivity index (χ2v) is 3.91. The van der Waals surface area contributed by atoms with Crippen LogP contribution in [0.3, 0.4) is 0 Å². The van der Waals surface area contributed by atoms with Crippen molar-refractivity contribution in [2.75, 3.05) is 5.73 Å². The minimum atomic E-state index is -0.713. The fraction of sp³-hybridized carbons (Fsp3) is 0.273. The molecule has 3 amide bonds. The van der Waals surface area contributed by atoms with Crippen LogP contribution in [0, 0.1) is 0 Å². The maximum absolute atomic E-state index is 11.9. The standard InChI is InChI=1S/C11H12N4O3/c12-9-6(2-1-5-13-9)10(17)14-7-3-4-8(16)15-11(7)18/h1-2,5,7H,3-4H2,(H2,12,13)(H,14,17)(H,15,16,18). The van der Waals surface area contributed by atoms with Gasteiger partial charge in [-0.2, -0.15) is 0 Å². The van der Waals surface area contributed by atoms with Crippen LogP contribution in [0.25, 0.3) is 0 Å². The lowest BCUT2D eigenvalue weighted by Crippen LogP contribution is -2.52. The number of aromatic nitrogens is 1. The molecule has 1 aliphatic rings. The number of hydrogen-bond acceptors (Lipinski definition) is 5. The fourth-order valence-corrected chi connectivity index (χ4v) is 1.68. The number of piperidine rings is 1. The molecule has 7 nitrogen and oxygen atoms in total. The van der Waals surface area contributed by atoms with E-state index in [0.29, 0.717) is 0 Å². The summed E-state index contributed by atoms with van der Waals surface area (Å²) in [6, 6.07) is 2.38. The Kier molecular flexibility index (Phi) is 3.22. The van der Waals surface area contributed by atoms with Crippen LogP contribution < -0.4 is 16.4 Å². The van der Waals surface area contributed by atoms with Gasteiger partial charge in [0.2, 0.25) is 11.8 Å². The average Bonchev–Trinajstić information content (AvgIpc) is 2.33. The van der Waals surface area contributed by atoms with Crippen molar-refractivity contribution in [1.29, 1.82) is 0 Å². The van der Waals surface area contributed by atoms with Crippen molar-refractivity contribution in [3.63, 3.8) is 0 Å². The Labute approximate surface area is 103 Å². The van der Waals surface area contributed by atoms with E-state index >= 15 is 0 Å². The van der Waals surface area contributed by atoms with Gasteiger partial charge in [-0.25, -0.2) is 4.98 Å². The highest BCUT2D eigenvalue weighted by Gasteiger charge is 2.28. The molecular weight excluding hydrogens is 236 g/mol. The first-order valence-electron chi connectivity index (χ1n) is 5.43. The fourth-order valence-electron chi connectivity index (χ4n) is 1.68. The molecule has 0 aliphatic carbocycles. The molecule has 1 unspecified atom stereocenters. The van der Waals surface area contributed by atoms with E-state index in [1.165, 1.54) is 12.3 Å². The van der Waals surface area contributed by atoms with Gasteiger partial charge >= 0.3 is 0 Å². The quantitative estimate of drug-likeness (QED) is 0.593. The highest BCUT2D eigenvalue weighted by Crippen LogP contribution is 2.09. The third-order valence-corrected chi connectivity index (χ3v) is 2.63. The van der Waals surface area contributed by atoms with E-state index in [0.717, 1.165) is 0 Å². The monoisotopic (exact) mass is 248 g/mol. The summed E-state index contributed by atoms with van der Waals surface area (Å²) < 4.78 is 0. The van der Waals surface area contributed by atoms with E-state index in [1.807, 2.05) is 0 Å². The van der Waals surface area contributed by atoms with Crippen molar-refractivity contribution in [2.24, 2.45) is 0 Å². The van der Waals surface area contributed by atoms with Crippen LogP contribution in [0.15, 0.2) is 18.3 Å². The third-order valence-electron chi connectivity index (χ3n) is 2.63. The zero-order valence-corrected chi connectivity index (χ0v) is 9.47. The number of hydrogen-bond donors (Lipinski definition) is 3. The van der Waals surface area contributed by atoms with E-state index in [2.05, 4.69) is 15.6 Å². The normalized spacial score (nSPS) is 19.2. The molecule has 1 aromatic heterocycles. The molecule has 18 heavy (non-hydrogen) atoms. The number of pyridine rings is 1. The molecule has 1 aliphatic heterocycles. The molecule has 0 radical (unpaired) electrons. The number of anilines is 1. The Morgan fingerprint density at radius 3 is 2.94 bits per heavy atom. The van der Waals surface area contributed by atoms with Crippen molar-refractivity contribution in [2.45, 2.75) is 18.9 Å². The summed E-state index contributed by atoms with van der Waals surface area (Å²) in [6.07, 6.45) is 1.97. The van der Waals surface area contributed by atoms with Crippen LogP contribution in [0.1, 0.15) is 23.2 Å². The second-order valence-electron chi connectivity index (χ2n) is 3.91. The van der Waals surface area contributed by atoms with Crippen molar-refractivity contribution >= 4 is 23.5 Å². The largest absolute Gasteiger partial charge is 0.383 e. The van der Waals surface area contributed by atoms with Gasteiger partial charge in [0.25, 0.3) is 5.91 Å². The van der Waals surface area contributed by atoms with Crippen LogP contribution in [0.2, 0.25) is 0 Å². The van der Waals surface area contributed by atoms with Crippen LogP contribution >= 0.6 is 0 Å². The summed E-state index contributed by atoms with van der Waals surface area (Å²) in [6.45, 7) is 0. The first-order valence-corrected chi connectivity index (χ1v) is 5.43. The molecule has 1 aromatic rings. The van der Waals surface area contributed by atoms with Gasteiger partial charge in [-0.1, -0.05) is 0 Å². The number of carbonyl (C=O) groups is 3. The summed E-state index contributed by atoms with van der Waals surface area (Å²) in [5, 5.41) is 4.68. The highest BCUT2D eigenvalue weighted by molar-refractivity contribution is 6.04. The SMILES string of the molecule is Nc1ncccc1C(=O)NC1CCC(=O)NC1=O. The number of imide groups is 1. The maximum atomic E-state index is 11.9. The smallest absolute Gasteiger partial charge is 0.255 e. The van der Waals surface area contributed by atoms with E-state index in [4.69, 9.17) is 5.73 Å². The van der Waals surface area contributed by atoms with E-state index in [-0.39, 0.29) is 30.1 Å². The minimum absolute atomic E-state index is 0.0993. The van der Waals surface area contributed by atoms with Crippen LogP contribution in [0.4, 0.5) is 5.82 Å². The summed E-state index contributed by atoms with van der Waals surface area (Å²) in [5.41, 5.74) is 5.77. The average molecular weight is 248 g/mol. The molecular formula is C11H12N4O3. The molecule has 1 fully saturated rings. The zero-order chi connectivity index (χ0) is 13.1. The Balaban J connectivity index is 2.06. The first kappa shape index (κ1) is 12.0. The number of nitrogens with zero attached hydrogens (tertiary/aromatic N) is 1. The van der Waals surface area contributed by atoms with Crippen molar-refractivity contribution in [3.05, 3.63) is 23.9 Å². The lowest BCUT2D eigenvalue weighted by atomic mass is 10.1. The minimum Gasteiger partial charge on any atom is -0.383 e. The summed E-state index contributed by atoms with van der Waals surface area (Å²) in [7, 11) is 0. The predicted octanol–water partition coefficient (Wildman–Crippen LogP) is -0.801. The van der Waals surface area contributed by atoms with E-state index in [1.54, 1.807) is 6.07 Å². The van der Waals surface area contributed by atoms with Crippen molar-refractivity contribution < 1.29 is 14.4 Å². The Hall–Kier alpha value is -2.44. The maximum Gasteiger partial charge on any atom is 0.255 e. The van der Waals surface area contributed by atoms with Crippen molar-refractivity contribution in [1.82, 2.24) is 15.6 Å². The Morgan fingerprint density at radius 2 is 2.28 bits per heavy atom. The predicted molar refractivity (Wildman–Crippen MR) is 62.3 cm³/mol. The number of rotatable bonds is 2. The van der Waals surface area contributed by atoms with Gasteiger partial charge in [0.05, 0.1) is 5.56 Å². The van der Waals surface area contributed by atoms with Crippen LogP contribution in [-0.2, 0) is 9.59 Å². The molecule has 94 valence electrons. The Bertz CT molecular complexity index is 515. The molecule has 2 rings (SSSR count). The van der Waals surface area contributed by atoms with Gasteiger partial charge in [0.15, 0.2) is 0 Å². The molecule has 1 saturated heterocycles. The molecule has 0 aromatic carbocycles. The summed E-state index contributed by atoms with van der Waals surface area (Å²) >= 11 is 0. The van der Waals surface area contributed by atoms with Gasteiger partial charge in [-0.3, -0.25) is 19.7 Å². The molecule has 0 spiro atoms. The number of nitrogens with one attached hydrogen (secondary N) is 2. The lowest BCUT2D eigenvalue weighted by Gasteiger charge is -2.21. The summed E-state index contributed by atoms with van der Waals surface area (Å²) in [4.78, 5) is 38.1. The zero-order valence-electron chi connectivity index (χ0n) is 9.47. The Morgan fingerprint density at radius 1 is 1.50 bits per heavy atom. The topological polar surface area (TPSA) is 114 Å². The van der Waals surface area contributed by atoms with Gasteiger partial charge < -0.3 is 11.1 Å². The van der Waals surface area contributed by atoms with Gasteiger partial charge in [0, 0.05) is 12.6 Å². The van der Waals surface area contributed by atoms with E-state index < -0.39 is 17.9 Å². The second kappa shape index (κ2) is 4.82. The number of nitrogens with two attached hydrogens (primary N) is 1. The molecule has 0 bridgehead atoms. The van der Waals surface area contributed by atoms with Crippen LogP contribution in [0.5, 0.6) is 0 Å².